The second-order valence-electron chi connectivity index (χ2n) is 9.62. The highest BCUT2D eigenvalue weighted by Crippen LogP contribution is 2.31. The van der Waals surface area contributed by atoms with Gasteiger partial charge in [-0.25, -0.2) is 4.79 Å². The van der Waals surface area contributed by atoms with Crippen LogP contribution in [0.15, 0.2) is 108 Å². The minimum atomic E-state index is -1.04. The monoisotopic (exact) mass is 526 g/mol. The molecule has 0 aromatic heterocycles. The summed E-state index contributed by atoms with van der Waals surface area (Å²) in [4.78, 5) is 29.1. The fraction of sp³-hybridized carbons (Fsp3) is 0.226. The summed E-state index contributed by atoms with van der Waals surface area (Å²) in [7, 11) is 3.68. The molecule has 1 amide bonds. The number of ether oxygens (including phenoxy) is 1. The molecule has 202 valence electrons. The Kier molecular flexibility index (Phi) is 8.68. The number of likely N-dealkylation sites (N-methyl/N-ethyl adjacent to an activating group) is 1. The quantitative estimate of drug-likeness (QED) is 0.342. The van der Waals surface area contributed by atoms with E-state index >= 15 is 0 Å². The molecule has 3 aromatic rings. The number of carboxylic acid groups (broad SMARTS) is 1. The normalized spacial score (nSPS) is 14.7. The number of benzene rings is 3. The number of aromatic carboxylic acids is 1. The topological polar surface area (TPSA) is 122 Å². The molecule has 0 spiro atoms. The summed E-state index contributed by atoms with van der Waals surface area (Å²) in [6.07, 6.45) is 3.20. The third kappa shape index (κ3) is 6.66. The van der Waals surface area contributed by atoms with Crippen LogP contribution in [0.3, 0.4) is 0 Å². The standard InChI is InChI=1S/C31H34N4O4/c1-34-18-17-21(20-27(34)32)19-26(29(33)39-25-15-13-24(14-16-25)31(37)38)30(36)35(2)28(22-9-5-3-6-10-22)23-11-7-4-8-12-23/h3-17,20,26,28-29H,18-19,32-33H2,1-2H3,(H,37,38)/t26-,29?/m1/s1. The molecule has 1 heterocycles. The Labute approximate surface area is 228 Å². The summed E-state index contributed by atoms with van der Waals surface area (Å²) in [6, 6.07) is 25.3. The lowest BCUT2D eigenvalue weighted by atomic mass is 9.92. The van der Waals surface area contributed by atoms with E-state index in [1.165, 1.54) is 24.3 Å². The van der Waals surface area contributed by atoms with Gasteiger partial charge in [-0.2, -0.15) is 0 Å². The highest BCUT2D eigenvalue weighted by Gasteiger charge is 2.34. The van der Waals surface area contributed by atoms with Gasteiger partial charge in [0.05, 0.1) is 23.3 Å². The predicted octanol–water partition coefficient (Wildman–Crippen LogP) is 3.97. The van der Waals surface area contributed by atoms with Gasteiger partial charge in [-0.3, -0.25) is 10.5 Å². The van der Waals surface area contributed by atoms with E-state index in [2.05, 4.69) is 0 Å². The van der Waals surface area contributed by atoms with Crippen molar-refractivity contribution in [2.75, 3.05) is 20.6 Å². The Morgan fingerprint density at radius 3 is 2.05 bits per heavy atom. The van der Waals surface area contributed by atoms with E-state index in [9.17, 15) is 14.7 Å². The van der Waals surface area contributed by atoms with E-state index in [4.69, 9.17) is 16.2 Å². The van der Waals surface area contributed by atoms with Crippen molar-refractivity contribution in [3.05, 3.63) is 125 Å². The maximum absolute atomic E-state index is 14.2. The first-order valence-electron chi connectivity index (χ1n) is 12.7. The molecule has 4 rings (SSSR count). The van der Waals surface area contributed by atoms with Crippen molar-refractivity contribution in [1.29, 1.82) is 0 Å². The molecular formula is C31H34N4O4. The van der Waals surface area contributed by atoms with Crippen LogP contribution in [-0.4, -0.2) is 53.7 Å². The molecule has 0 saturated heterocycles. The van der Waals surface area contributed by atoms with Gasteiger partial charge < -0.3 is 25.4 Å². The minimum Gasteiger partial charge on any atom is -0.478 e. The first kappa shape index (κ1) is 27.5. The minimum absolute atomic E-state index is 0.133. The van der Waals surface area contributed by atoms with Gasteiger partial charge in [-0.15, -0.1) is 0 Å². The molecule has 5 N–H and O–H groups in total. The Hall–Kier alpha value is -4.56. The molecule has 1 unspecified atom stereocenters. The fourth-order valence-electron chi connectivity index (χ4n) is 4.67. The summed E-state index contributed by atoms with van der Waals surface area (Å²) >= 11 is 0. The van der Waals surface area contributed by atoms with Crippen LogP contribution in [0.5, 0.6) is 5.75 Å². The predicted molar refractivity (Wildman–Crippen MR) is 151 cm³/mol. The number of carbonyl (C=O) groups is 2. The molecule has 1 aliphatic rings. The molecule has 39 heavy (non-hydrogen) atoms. The van der Waals surface area contributed by atoms with Crippen molar-refractivity contribution >= 4 is 11.9 Å². The lowest BCUT2D eigenvalue weighted by Gasteiger charge is -2.34. The van der Waals surface area contributed by atoms with E-state index < -0.39 is 18.1 Å². The number of rotatable bonds is 10. The van der Waals surface area contributed by atoms with Gasteiger partial charge in [0.15, 0.2) is 6.23 Å². The summed E-state index contributed by atoms with van der Waals surface area (Å²) in [5, 5.41) is 9.20. The van der Waals surface area contributed by atoms with Crippen LogP contribution in [0.2, 0.25) is 0 Å². The maximum Gasteiger partial charge on any atom is 0.335 e. The number of hydrogen-bond donors (Lipinski definition) is 3. The Morgan fingerprint density at radius 2 is 1.54 bits per heavy atom. The third-order valence-electron chi connectivity index (χ3n) is 6.91. The van der Waals surface area contributed by atoms with E-state index in [0.717, 1.165) is 16.7 Å². The van der Waals surface area contributed by atoms with Gasteiger partial charge in [0.1, 0.15) is 5.75 Å². The Balaban J connectivity index is 1.66. The van der Waals surface area contributed by atoms with E-state index in [0.29, 0.717) is 24.5 Å². The summed E-state index contributed by atoms with van der Waals surface area (Å²) in [6.45, 7) is 0.623. The Bertz CT molecular complexity index is 1300. The number of nitrogens with zero attached hydrogens (tertiary/aromatic N) is 2. The molecule has 8 nitrogen and oxygen atoms in total. The van der Waals surface area contributed by atoms with Gasteiger partial charge >= 0.3 is 5.97 Å². The molecule has 0 fully saturated rings. The molecular weight excluding hydrogens is 492 g/mol. The zero-order valence-corrected chi connectivity index (χ0v) is 22.1. The molecule has 2 atom stereocenters. The highest BCUT2D eigenvalue weighted by molar-refractivity contribution is 5.87. The highest BCUT2D eigenvalue weighted by atomic mass is 16.5. The summed E-state index contributed by atoms with van der Waals surface area (Å²) in [5.41, 5.74) is 15.7. The third-order valence-corrected chi connectivity index (χ3v) is 6.91. The molecule has 3 aromatic carbocycles. The van der Waals surface area contributed by atoms with Crippen molar-refractivity contribution < 1.29 is 19.4 Å². The van der Waals surface area contributed by atoms with E-state index in [1.807, 2.05) is 84.8 Å². The molecule has 0 radical (unpaired) electrons. The number of hydrogen-bond acceptors (Lipinski definition) is 6. The molecule has 0 aliphatic carbocycles. The SMILES string of the molecule is CN1CC=C(C[C@@H](C(=O)N(C)C(c2ccccc2)c2ccccc2)C(N)Oc2ccc(C(=O)O)cc2)C=C1N. The molecule has 0 bridgehead atoms. The van der Waals surface area contributed by atoms with Crippen LogP contribution in [0.25, 0.3) is 0 Å². The Morgan fingerprint density at radius 1 is 0.974 bits per heavy atom. The fourth-order valence-corrected chi connectivity index (χ4v) is 4.67. The first-order chi connectivity index (χ1) is 18.7. The van der Waals surface area contributed by atoms with Gasteiger partial charge in [0.25, 0.3) is 0 Å². The first-order valence-corrected chi connectivity index (χ1v) is 12.7. The summed E-state index contributed by atoms with van der Waals surface area (Å²) < 4.78 is 6.01. The van der Waals surface area contributed by atoms with Crippen LogP contribution < -0.4 is 16.2 Å². The van der Waals surface area contributed by atoms with Crippen LogP contribution in [0.4, 0.5) is 0 Å². The van der Waals surface area contributed by atoms with Crippen molar-refractivity contribution in [1.82, 2.24) is 9.80 Å². The maximum atomic E-state index is 14.2. The molecule has 8 heteroatoms. The van der Waals surface area contributed by atoms with Crippen molar-refractivity contribution in [3.8, 4) is 5.75 Å². The number of nitrogens with two attached hydrogens (primary N) is 2. The lowest BCUT2D eigenvalue weighted by Crippen LogP contribution is -2.47. The van der Waals surface area contributed by atoms with Crippen molar-refractivity contribution in [2.24, 2.45) is 17.4 Å². The van der Waals surface area contributed by atoms with Gasteiger partial charge in [0, 0.05) is 20.6 Å². The summed E-state index contributed by atoms with van der Waals surface area (Å²) in [5.74, 6) is -0.982. The number of carboxylic acids is 1. The van der Waals surface area contributed by atoms with E-state index in [-0.39, 0.29) is 17.5 Å². The van der Waals surface area contributed by atoms with Gasteiger partial charge in [0.2, 0.25) is 5.91 Å². The second kappa shape index (κ2) is 12.3. The van der Waals surface area contributed by atoms with Crippen LogP contribution in [0, 0.1) is 5.92 Å². The lowest BCUT2D eigenvalue weighted by molar-refractivity contribution is -0.138. The average Bonchev–Trinajstić information content (AvgIpc) is 2.94. The van der Waals surface area contributed by atoms with Crippen molar-refractivity contribution in [2.45, 2.75) is 18.7 Å². The zero-order chi connectivity index (χ0) is 27.9. The largest absolute Gasteiger partial charge is 0.478 e. The van der Waals surface area contributed by atoms with Crippen LogP contribution in [-0.2, 0) is 4.79 Å². The smallest absolute Gasteiger partial charge is 0.335 e. The second-order valence-corrected chi connectivity index (χ2v) is 9.62. The number of allylic oxidation sites excluding steroid dienone is 2. The number of carbonyl (C=O) groups excluding carboxylic acids is 1. The molecule has 1 aliphatic heterocycles. The zero-order valence-electron chi connectivity index (χ0n) is 22.1. The molecule has 0 saturated carbocycles. The van der Waals surface area contributed by atoms with Gasteiger partial charge in [-0.1, -0.05) is 66.7 Å². The van der Waals surface area contributed by atoms with Crippen molar-refractivity contribution in [3.63, 3.8) is 0 Å². The van der Waals surface area contributed by atoms with Gasteiger partial charge in [-0.05, 0) is 53.5 Å². The average molecular weight is 527 g/mol. The number of amides is 1. The van der Waals surface area contributed by atoms with E-state index in [1.54, 1.807) is 11.9 Å². The van der Waals surface area contributed by atoms with Crippen LogP contribution in [0.1, 0.15) is 33.9 Å². The van der Waals surface area contributed by atoms with Crippen LogP contribution >= 0.6 is 0 Å².